The van der Waals surface area contributed by atoms with Gasteiger partial charge in [-0.1, -0.05) is 13.0 Å². The third-order valence-electron chi connectivity index (χ3n) is 3.29. The van der Waals surface area contributed by atoms with Crippen LogP contribution in [0.2, 0.25) is 0 Å². The summed E-state index contributed by atoms with van der Waals surface area (Å²) in [7, 11) is -0.618. The SMILES string of the molecule is CCCNCc1ccc(N2CCS(=O)CC2)c(Br)c1. The third kappa shape index (κ3) is 4.29. The van der Waals surface area contributed by atoms with E-state index in [2.05, 4.69) is 51.3 Å². The van der Waals surface area contributed by atoms with Crippen LogP contribution in [0.15, 0.2) is 22.7 Å². The van der Waals surface area contributed by atoms with Gasteiger partial charge in [-0.2, -0.15) is 0 Å². The van der Waals surface area contributed by atoms with Gasteiger partial charge in [-0.25, -0.2) is 0 Å². The number of rotatable bonds is 5. The van der Waals surface area contributed by atoms with Crippen LogP contribution >= 0.6 is 15.9 Å². The minimum Gasteiger partial charge on any atom is -0.369 e. The number of nitrogens with one attached hydrogen (secondary N) is 1. The topological polar surface area (TPSA) is 32.3 Å². The Hall–Kier alpha value is -0.390. The van der Waals surface area contributed by atoms with Gasteiger partial charge in [-0.3, -0.25) is 4.21 Å². The number of nitrogens with zero attached hydrogens (tertiary/aromatic N) is 1. The molecular formula is C14H21BrN2OS. The normalized spacial score (nSPS) is 16.8. The van der Waals surface area contributed by atoms with Gasteiger partial charge in [0.25, 0.3) is 0 Å². The summed E-state index contributed by atoms with van der Waals surface area (Å²) in [6, 6.07) is 6.53. The quantitative estimate of drug-likeness (QED) is 0.833. The molecule has 0 saturated carbocycles. The Kier molecular flexibility index (Phi) is 5.85. The third-order valence-corrected chi connectivity index (χ3v) is 5.20. The van der Waals surface area contributed by atoms with E-state index in [1.165, 1.54) is 11.3 Å². The van der Waals surface area contributed by atoms with Crippen LogP contribution in [-0.2, 0) is 17.3 Å². The molecule has 0 atom stereocenters. The zero-order valence-electron chi connectivity index (χ0n) is 11.3. The van der Waals surface area contributed by atoms with Crippen LogP contribution in [-0.4, -0.2) is 35.3 Å². The van der Waals surface area contributed by atoms with Crippen LogP contribution in [0.1, 0.15) is 18.9 Å². The standard InChI is InChI=1S/C14H21BrN2OS/c1-2-5-16-11-12-3-4-14(13(15)10-12)17-6-8-19(18)9-7-17/h3-4,10,16H,2,5-9,11H2,1H3. The van der Waals surface area contributed by atoms with E-state index in [-0.39, 0.29) is 0 Å². The van der Waals surface area contributed by atoms with Crippen molar-refractivity contribution >= 4 is 32.4 Å². The molecule has 106 valence electrons. The van der Waals surface area contributed by atoms with Gasteiger partial charge in [0.2, 0.25) is 0 Å². The molecule has 0 spiro atoms. The lowest BCUT2D eigenvalue weighted by Gasteiger charge is -2.29. The predicted octanol–water partition coefficient (Wildman–Crippen LogP) is 2.52. The minimum atomic E-state index is -0.618. The second kappa shape index (κ2) is 7.41. The first-order chi connectivity index (χ1) is 9.20. The predicted molar refractivity (Wildman–Crippen MR) is 86.2 cm³/mol. The van der Waals surface area contributed by atoms with Gasteiger partial charge in [0, 0.05) is 46.4 Å². The summed E-state index contributed by atoms with van der Waals surface area (Å²) in [4.78, 5) is 2.31. The highest BCUT2D eigenvalue weighted by molar-refractivity contribution is 9.10. The molecule has 1 aromatic rings. The molecule has 1 N–H and O–H groups in total. The van der Waals surface area contributed by atoms with Gasteiger partial charge in [0.1, 0.15) is 0 Å². The highest BCUT2D eigenvalue weighted by Gasteiger charge is 2.17. The fourth-order valence-corrected chi connectivity index (χ4v) is 3.93. The molecule has 2 rings (SSSR count). The second-order valence-corrected chi connectivity index (χ2v) is 7.35. The fourth-order valence-electron chi connectivity index (χ4n) is 2.21. The molecule has 1 heterocycles. The van der Waals surface area contributed by atoms with Gasteiger partial charge in [0.05, 0.1) is 5.69 Å². The van der Waals surface area contributed by atoms with E-state index in [9.17, 15) is 4.21 Å². The summed E-state index contributed by atoms with van der Waals surface area (Å²) in [6.07, 6.45) is 1.16. The molecular weight excluding hydrogens is 324 g/mol. The number of halogens is 1. The first-order valence-electron chi connectivity index (χ1n) is 6.79. The average Bonchev–Trinajstić information content (AvgIpc) is 2.41. The Morgan fingerprint density at radius 3 is 2.74 bits per heavy atom. The fraction of sp³-hybridized carbons (Fsp3) is 0.571. The Balaban J connectivity index is 2.00. The lowest BCUT2D eigenvalue weighted by atomic mass is 10.2. The molecule has 0 amide bonds. The molecule has 0 radical (unpaired) electrons. The van der Waals surface area contributed by atoms with Crippen molar-refractivity contribution < 1.29 is 4.21 Å². The van der Waals surface area contributed by atoms with E-state index in [0.29, 0.717) is 0 Å². The van der Waals surface area contributed by atoms with Crippen molar-refractivity contribution in [2.75, 3.05) is 36.0 Å². The van der Waals surface area contributed by atoms with Gasteiger partial charge < -0.3 is 10.2 Å². The Bertz CT molecular complexity index is 443. The summed E-state index contributed by atoms with van der Waals surface area (Å²) >= 11 is 3.66. The van der Waals surface area contributed by atoms with E-state index >= 15 is 0 Å². The number of benzene rings is 1. The largest absolute Gasteiger partial charge is 0.369 e. The second-order valence-electron chi connectivity index (χ2n) is 4.80. The Morgan fingerprint density at radius 1 is 1.37 bits per heavy atom. The molecule has 1 aliphatic heterocycles. The maximum Gasteiger partial charge on any atom is 0.0511 e. The Labute approximate surface area is 126 Å². The van der Waals surface area contributed by atoms with Crippen molar-refractivity contribution in [3.63, 3.8) is 0 Å². The van der Waals surface area contributed by atoms with Crippen molar-refractivity contribution in [3.05, 3.63) is 28.2 Å². The molecule has 1 fully saturated rings. The molecule has 1 saturated heterocycles. The van der Waals surface area contributed by atoms with Crippen molar-refractivity contribution in [1.82, 2.24) is 5.32 Å². The maximum atomic E-state index is 11.4. The van der Waals surface area contributed by atoms with Gasteiger partial charge >= 0.3 is 0 Å². The van der Waals surface area contributed by atoms with Crippen molar-refractivity contribution in [2.45, 2.75) is 19.9 Å². The molecule has 0 unspecified atom stereocenters. The molecule has 1 aromatic carbocycles. The first kappa shape index (κ1) is 15.0. The summed E-state index contributed by atoms with van der Waals surface area (Å²) < 4.78 is 12.5. The van der Waals surface area contributed by atoms with Crippen LogP contribution in [0.3, 0.4) is 0 Å². The summed E-state index contributed by atoms with van der Waals surface area (Å²) in [6.45, 7) is 5.91. The summed E-state index contributed by atoms with van der Waals surface area (Å²) in [5, 5.41) is 3.41. The zero-order valence-corrected chi connectivity index (χ0v) is 13.7. The summed E-state index contributed by atoms with van der Waals surface area (Å²) in [5.74, 6) is 1.57. The molecule has 0 aliphatic carbocycles. The number of hydrogen-bond donors (Lipinski definition) is 1. The lowest BCUT2D eigenvalue weighted by Crippen LogP contribution is -2.37. The van der Waals surface area contributed by atoms with E-state index in [1.54, 1.807) is 0 Å². The Morgan fingerprint density at radius 2 is 2.11 bits per heavy atom. The van der Waals surface area contributed by atoms with E-state index in [1.807, 2.05) is 0 Å². The van der Waals surface area contributed by atoms with Gasteiger partial charge in [0.15, 0.2) is 0 Å². The molecule has 3 nitrogen and oxygen atoms in total. The van der Waals surface area contributed by atoms with Crippen LogP contribution in [0.4, 0.5) is 5.69 Å². The number of anilines is 1. The molecule has 19 heavy (non-hydrogen) atoms. The number of hydrogen-bond acceptors (Lipinski definition) is 3. The van der Waals surface area contributed by atoms with Gasteiger partial charge in [-0.15, -0.1) is 0 Å². The lowest BCUT2D eigenvalue weighted by molar-refractivity contribution is 0.672. The molecule has 5 heteroatoms. The zero-order chi connectivity index (χ0) is 13.7. The van der Waals surface area contributed by atoms with Crippen LogP contribution in [0.25, 0.3) is 0 Å². The highest BCUT2D eigenvalue weighted by Crippen LogP contribution is 2.28. The molecule has 0 aromatic heterocycles. The van der Waals surface area contributed by atoms with Crippen molar-refractivity contribution in [2.24, 2.45) is 0 Å². The monoisotopic (exact) mass is 344 g/mol. The average molecular weight is 345 g/mol. The maximum absolute atomic E-state index is 11.4. The van der Waals surface area contributed by atoms with Crippen molar-refractivity contribution in [1.29, 1.82) is 0 Å². The van der Waals surface area contributed by atoms with Gasteiger partial charge in [-0.05, 0) is 46.6 Å². The van der Waals surface area contributed by atoms with E-state index in [4.69, 9.17) is 0 Å². The summed E-state index contributed by atoms with van der Waals surface area (Å²) in [5.41, 5.74) is 2.51. The minimum absolute atomic E-state index is 0.618. The molecule has 0 bridgehead atoms. The van der Waals surface area contributed by atoms with Crippen LogP contribution < -0.4 is 10.2 Å². The smallest absolute Gasteiger partial charge is 0.0511 e. The van der Waals surface area contributed by atoms with Crippen LogP contribution in [0, 0.1) is 0 Å². The van der Waals surface area contributed by atoms with E-state index in [0.717, 1.165) is 48.6 Å². The van der Waals surface area contributed by atoms with Crippen LogP contribution in [0.5, 0.6) is 0 Å². The molecule has 1 aliphatic rings. The highest BCUT2D eigenvalue weighted by atomic mass is 79.9. The van der Waals surface area contributed by atoms with E-state index < -0.39 is 10.8 Å². The first-order valence-corrected chi connectivity index (χ1v) is 9.08. The van der Waals surface area contributed by atoms with Crippen molar-refractivity contribution in [3.8, 4) is 0 Å².